The average molecular weight is 542 g/mol. The molecular formula is C24H25F6N7O. The molecule has 1 aliphatic carbocycles. The third kappa shape index (κ3) is 4.57. The van der Waals surface area contributed by atoms with E-state index in [9.17, 15) is 26.3 Å². The maximum absolute atomic E-state index is 13.5. The number of benzene rings is 1. The number of rotatable bonds is 4. The predicted molar refractivity (Wildman–Crippen MR) is 122 cm³/mol. The number of alkyl halides is 6. The molecule has 1 aromatic carbocycles. The Bertz CT molecular complexity index is 1290. The van der Waals surface area contributed by atoms with Crippen LogP contribution in [-0.2, 0) is 18.9 Å². The van der Waals surface area contributed by atoms with Gasteiger partial charge in [-0.2, -0.15) is 31.3 Å². The van der Waals surface area contributed by atoms with Crippen LogP contribution in [0.3, 0.4) is 0 Å². The number of piperidine rings is 1. The molecule has 4 heterocycles. The summed E-state index contributed by atoms with van der Waals surface area (Å²) in [7, 11) is 0. The lowest BCUT2D eigenvalue weighted by atomic mass is 9.88. The summed E-state index contributed by atoms with van der Waals surface area (Å²) in [6.45, 7) is 3.67. The van der Waals surface area contributed by atoms with Crippen molar-refractivity contribution in [1.29, 1.82) is 0 Å². The number of aryl methyl sites for hydroxylation is 2. The summed E-state index contributed by atoms with van der Waals surface area (Å²) in [5, 5.41) is 16.0. The van der Waals surface area contributed by atoms with Gasteiger partial charge in [-0.05, 0) is 61.3 Å². The summed E-state index contributed by atoms with van der Waals surface area (Å²) >= 11 is 0. The van der Waals surface area contributed by atoms with Crippen molar-refractivity contribution in [2.45, 2.75) is 63.5 Å². The highest BCUT2D eigenvalue weighted by Crippen LogP contribution is 2.42. The maximum Gasteiger partial charge on any atom is 0.416 e. The first-order valence-electron chi connectivity index (χ1n) is 12.5. The zero-order valence-electron chi connectivity index (χ0n) is 20.4. The number of hydrogen-bond acceptors (Lipinski definition) is 7. The molecule has 2 aromatic heterocycles. The average Bonchev–Trinajstić information content (AvgIpc) is 3.52. The van der Waals surface area contributed by atoms with E-state index in [-0.39, 0.29) is 29.5 Å². The maximum atomic E-state index is 13.5. The van der Waals surface area contributed by atoms with Crippen molar-refractivity contribution < 1.29 is 30.8 Å². The highest BCUT2D eigenvalue weighted by Gasteiger charge is 2.44. The van der Waals surface area contributed by atoms with Crippen LogP contribution in [0.5, 0.6) is 0 Å². The van der Waals surface area contributed by atoms with Gasteiger partial charge in [-0.3, -0.25) is 0 Å². The first kappa shape index (κ1) is 25.0. The summed E-state index contributed by atoms with van der Waals surface area (Å²) in [4.78, 5) is 6.66. The fourth-order valence-electron chi connectivity index (χ4n) is 6.09. The molecule has 0 radical (unpaired) electrons. The van der Waals surface area contributed by atoms with Crippen molar-refractivity contribution in [3.63, 3.8) is 0 Å². The molecule has 1 saturated carbocycles. The van der Waals surface area contributed by atoms with Crippen LogP contribution in [0.25, 0.3) is 0 Å². The highest BCUT2D eigenvalue weighted by atomic mass is 19.4. The molecule has 3 aromatic rings. The second kappa shape index (κ2) is 8.87. The van der Waals surface area contributed by atoms with Crippen molar-refractivity contribution in [2.24, 2.45) is 11.8 Å². The molecule has 4 atom stereocenters. The number of nitrogens with one attached hydrogen (secondary N) is 1. The Labute approximate surface area is 213 Å². The third-order valence-corrected chi connectivity index (χ3v) is 7.80. The van der Waals surface area contributed by atoms with E-state index >= 15 is 0 Å². The largest absolute Gasteiger partial charge is 0.416 e. The Hall–Kier alpha value is -3.32. The Morgan fingerprint density at radius 3 is 2.16 bits per heavy atom. The lowest BCUT2D eigenvalue weighted by Gasteiger charge is -2.37. The van der Waals surface area contributed by atoms with E-state index in [2.05, 4.69) is 30.5 Å². The summed E-state index contributed by atoms with van der Waals surface area (Å²) in [5.41, 5.74) is -2.70. The molecule has 2 fully saturated rings. The van der Waals surface area contributed by atoms with E-state index in [1.807, 2.05) is 0 Å². The molecule has 204 valence electrons. The van der Waals surface area contributed by atoms with Gasteiger partial charge in [-0.15, -0.1) is 10.2 Å². The molecule has 6 rings (SSSR count). The molecule has 2 unspecified atom stereocenters. The number of anilines is 2. The van der Waals surface area contributed by atoms with Crippen LogP contribution in [0.1, 0.15) is 60.0 Å². The van der Waals surface area contributed by atoms with Gasteiger partial charge in [0, 0.05) is 38.5 Å². The monoisotopic (exact) mass is 541 g/mol. The van der Waals surface area contributed by atoms with Crippen molar-refractivity contribution in [3.05, 3.63) is 46.6 Å². The SMILES string of the molecule is Cc1nnc(N2CC3CC[C@@H](C2)[C@@H]3Nc2nc3n(n2)CCCC3c2cc(C(F)(F)F)cc(C(F)(F)F)c2)o1. The van der Waals surface area contributed by atoms with Crippen LogP contribution < -0.4 is 10.2 Å². The summed E-state index contributed by atoms with van der Waals surface area (Å²) < 4.78 is 87.9. The lowest BCUT2D eigenvalue weighted by Crippen LogP contribution is -2.48. The normalized spacial score (nSPS) is 25.5. The smallest absolute Gasteiger partial charge is 0.408 e. The van der Waals surface area contributed by atoms with E-state index in [1.165, 1.54) is 0 Å². The van der Waals surface area contributed by atoms with Gasteiger partial charge in [0.2, 0.25) is 11.8 Å². The zero-order valence-corrected chi connectivity index (χ0v) is 20.4. The first-order valence-corrected chi connectivity index (χ1v) is 12.5. The van der Waals surface area contributed by atoms with Gasteiger partial charge < -0.3 is 14.6 Å². The lowest BCUT2D eigenvalue weighted by molar-refractivity contribution is -0.143. The molecule has 14 heteroatoms. The number of halogens is 6. The Balaban J connectivity index is 1.25. The summed E-state index contributed by atoms with van der Waals surface area (Å²) in [6.07, 6.45) is -6.88. The first-order chi connectivity index (χ1) is 18.0. The topological polar surface area (TPSA) is 84.9 Å². The molecule has 1 saturated heterocycles. The van der Waals surface area contributed by atoms with Gasteiger partial charge in [0.1, 0.15) is 5.82 Å². The zero-order chi connectivity index (χ0) is 26.8. The van der Waals surface area contributed by atoms with Crippen molar-refractivity contribution in [3.8, 4) is 0 Å². The minimum absolute atomic E-state index is 0.0599. The van der Waals surface area contributed by atoms with Crippen LogP contribution in [0, 0.1) is 18.8 Å². The predicted octanol–water partition coefficient (Wildman–Crippen LogP) is 5.26. The van der Waals surface area contributed by atoms with Gasteiger partial charge >= 0.3 is 18.4 Å². The fourth-order valence-corrected chi connectivity index (χ4v) is 6.09. The standard InChI is InChI=1S/C24H25F6N7O/c1-12-33-34-22(38-12)36-10-13-4-5-14(11-36)19(13)31-21-32-20-18(3-2-6-37(20)35-21)15-7-16(23(25,26)27)9-17(8-15)24(28,29)30/h7-9,13-14,18-19H,2-6,10-11H2,1H3,(H,31,35)/t13-,14?,18?,19-/m0/s1. The number of nitrogens with zero attached hydrogens (tertiary/aromatic N) is 6. The number of aromatic nitrogens is 5. The van der Waals surface area contributed by atoms with Crippen molar-refractivity contribution in [1.82, 2.24) is 25.0 Å². The van der Waals surface area contributed by atoms with Crippen molar-refractivity contribution in [2.75, 3.05) is 23.3 Å². The Morgan fingerprint density at radius 1 is 0.921 bits per heavy atom. The van der Waals surface area contributed by atoms with E-state index < -0.39 is 29.4 Å². The number of hydrogen-bond donors (Lipinski definition) is 1. The van der Waals surface area contributed by atoms with Crippen LogP contribution in [-0.4, -0.2) is 44.1 Å². The van der Waals surface area contributed by atoms with Gasteiger partial charge in [0.15, 0.2) is 0 Å². The third-order valence-electron chi connectivity index (χ3n) is 7.80. The fraction of sp³-hybridized carbons (Fsp3) is 0.583. The summed E-state index contributed by atoms with van der Waals surface area (Å²) in [5.74, 6) is 1.04. The van der Waals surface area contributed by atoms with E-state index in [4.69, 9.17) is 4.42 Å². The molecular weight excluding hydrogens is 516 g/mol. The van der Waals surface area contributed by atoms with E-state index in [1.54, 1.807) is 11.6 Å². The van der Waals surface area contributed by atoms with Crippen LogP contribution in [0.2, 0.25) is 0 Å². The molecule has 38 heavy (non-hydrogen) atoms. The van der Waals surface area contributed by atoms with Crippen molar-refractivity contribution >= 4 is 12.0 Å². The molecule has 1 N–H and O–H groups in total. The Morgan fingerprint density at radius 2 is 1.58 bits per heavy atom. The van der Waals surface area contributed by atoms with Gasteiger partial charge in [-0.1, -0.05) is 5.10 Å². The number of fused-ring (bicyclic) bond motifs is 3. The minimum Gasteiger partial charge on any atom is -0.408 e. The molecule has 0 spiro atoms. The minimum atomic E-state index is -4.90. The molecule has 8 nitrogen and oxygen atoms in total. The molecule has 3 aliphatic rings. The molecule has 2 aliphatic heterocycles. The molecule has 2 bridgehead atoms. The van der Waals surface area contributed by atoms with Crippen LogP contribution >= 0.6 is 0 Å². The quantitative estimate of drug-likeness (QED) is 0.451. The highest BCUT2D eigenvalue weighted by molar-refractivity contribution is 5.40. The van der Waals surface area contributed by atoms with E-state index in [0.29, 0.717) is 43.1 Å². The van der Waals surface area contributed by atoms with Crippen LogP contribution in [0.4, 0.5) is 38.3 Å². The second-order valence-electron chi connectivity index (χ2n) is 10.3. The van der Waals surface area contributed by atoms with Crippen LogP contribution in [0.15, 0.2) is 22.6 Å². The Kier molecular flexibility index (Phi) is 5.83. The van der Waals surface area contributed by atoms with Gasteiger partial charge in [0.25, 0.3) is 0 Å². The second-order valence-corrected chi connectivity index (χ2v) is 10.3. The van der Waals surface area contributed by atoms with E-state index in [0.717, 1.165) is 38.1 Å². The van der Waals surface area contributed by atoms with Gasteiger partial charge in [-0.25, -0.2) is 4.68 Å². The summed E-state index contributed by atoms with van der Waals surface area (Å²) in [6, 6.07) is 2.33. The molecule has 0 amide bonds. The van der Waals surface area contributed by atoms with Gasteiger partial charge in [0.05, 0.1) is 11.1 Å².